The Morgan fingerprint density at radius 1 is 1.50 bits per heavy atom. The minimum absolute atomic E-state index is 0.0934. The van der Waals surface area contributed by atoms with Crippen LogP contribution in [0.25, 0.3) is 0 Å². The molecule has 1 saturated heterocycles. The van der Waals surface area contributed by atoms with Gasteiger partial charge in [0.1, 0.15) is 6.10 Å². The summed E-state index contributed by atoms with van der Waals surface area (Å²) in [5, 5.41) is 0.253. The van der Waals surface area contributed by atoms with Gasteiger partial charge in [-0.05, 0) is 18.1 Å². The summed E-state index contributed by atoms with van der Waals surface area (Å²) in [6, 6.07) is 0. The first-order valence-corrected chi connectivity index (χ1v) is 8.11. The third-order valence-electron chi connectivity index (χ3n) is 3.19. The topological polar surface area (TPSA) is 21.8 Å². The summed E-state index contributed by atoms with van der Waals surface area (Å²) in [4.78, 5) is 0. The summed E-state index contributed by atoms with van der Waals surface area (Å²) in [5.41, 5.74) is 0. The van der Waals surface area contributed by atoms with Crippen molar-refractivity contribution in [1.82, 2.24) is 0 Å². The quantitative estimate of drug-likeness (QED) is 0.408. The van der Waals surface area contributed by atoms with Crippen LogP contribution in [0, 0.1) is 0 Å². The van der Waals surface area contributed by atoms with Crippen LogP contribution in [0.2, 0.25) is 18.1 Å². The van der Waals surface area contributed by atoms with Gasteiger partial charge in [0, 0.05) is 0 Å². The van der Waals surface area contributed by atoms with Gasteiger partial charge in [0.15, 0.2) is 8.32 Å². The van der Waals surface area contributed by atoms with Gasteiger partial charge in [-0.25, -0.2) is 0 Å². The second kappa shape index (κ2) is 3.80. The van der Waals surface area contributed by atoms with Crippen LogP contribution in [0.15, 0.2) is 12.7 Å². The minimum Gasteiger partial charge on any atom is -0.408 e. The van der Waals surface area contributed by atoms with E-state index in [9.17, 15) is 0 Å². The zero-order valence-corrected chi connectivity index (χ0v) is 11.0. The fraction of sp³-hybridized carbons (Fsp3) is 0.818. The Morgan fingerprint density at radius 2 is 2.00 bits per heavy atom. The van der Waals surface area contributed by atoms with Crippen molar-refractivity contribution in [3.8, 4) is 0 Å². The Bertz CT molecular complexity index is 214. The molecule has 0 bridgehead atoms. The highest BCUT2D eigenvalue weighted by Gasteiger charge is 2.42. The van der Waals surface area contributed by atoms with Crippen LogP contribution in [0.5, 0.6) is 0 Å². The number of hydrogen-bond donors (Lipinski definition) is 0. The lowest BCUT2D eigenvalue weighted by Crippen LogP contribution is -2.44. The lowest BCUT2D eigenvalue weighted by atomic mass is 10.2. The Morgan fingerprint density at radius 3 is 2.29 bits per heavy atom. The van der Waals surface area contributed by atoms with E-state index in [2.05, 4.69) is 40.4 Å². The van der Waals surface area contributed by atoms with Gasteiger partial charge in [0.2, 0.25) is 0 Å². The maximum absolute atomic E-state index is 6.17. The van der Waals surface area contributed by atoms with Crippen LogP contribution in [-0.4, -0.2) is 27.1 Å². The SMILES string of the molecule is C=C[C@H](O[Si](C)(C)C(C)(C)C)C1CO1. The molecule has 0 spiro atoms. The van der Waals surface area contributed by atoms with Crippen molar-refractivity contribution >= 4 is 8.32 Å². The first-order valence-electron chi connectivity index (χ1n) is 5.20. The summed E-state index contributed by atoms with van der Waals surface area (Å²) in [5.74, 6) is 0. The molecule has 14 heavy (non-hydrogen) atoms. The molecule has 0 N–H and O–H groups in total. The molecule has 1 heterocycles. The summed E-state index contributed by atoms with van der Waals surface area (Å²) in [7, 11) is -1.66. The zero-order valence-electron chi connectivity index (χ0n) is 9.96. The average molecular weight is 214 g/mol. The van der Waals surface area contributed by atoms with E-state index < -0.39 is 8.32 Å². The van der Waals surface area contributed by atoms with Crippen LogP contribution >= 0.6 is 0 Å². The smallest absolute Gasteiger partial charge is 0.193 e. The molecule has 2 atom stereocenters. The molecule has 0 radical (unpaired) electrons. The average Bonchev–Trinajstić information content (AvgIpc) is 2.80. The fourth-order valence-electron chi connectivity index (χ4n) is 1.04. The van der Waals surface area contributed by atoms with Crippen LogP contribution in [0.4, 0.5) is 0 Å². The number of hydrogen-bond acceptors (Lipinski definition) is 2. The third kappa shape index (κ3) is 2.68. The molecule has 1 unspecified atom stereocenters. The van der Waals surface area contributed by atoms with Crippen molar-refractivity contribution in [2.75, 3.05) is 6.61 Å². The Balaban J connectivity index is 2.60. The maximum atomic E-state index is 6.17. The number of rotatable bonds is 4. The Hall–Kier alpha value is -0.123. The van der Waals surface area contributed by atoms with Gasteiger partial charge in [-0.1, -0.05) is 26.8 Å². The Kier molecular flexibility index (Phi) is 3.24. The summed E-state index contributed by atoms with van der Waals surface area (Å²) < 4.78 is 11.4. The van der Waals surface area contributed by atoms with Crippen molar-refractivity contribution in [1.29, 1.82) is 0 Å². The highest BCUT2D eigenvalue weighted by atomic mass is 28.4. The largest absolute Gasteiger partial charge is 0.408 e. The van der Waals surface area contributed by atoms with E-state index in [-0.39, 0.29) is 17.2 Å². The van der Waals surface area contributed by atoms with E-state index in [1.807, 2.05) is 6.08 Å². The molecule has 0 aromatic rings. The number of ether oxygens (including phenoxy) is 1. The first kappa shape index (κ1) is 11.9. The molecule has 82 valence electrons. The van der Waals surface area contributed by atoms with Gasteiger partial charge in [-0.15, -0.1) is 6.58 Å². The fourth-order valence-corrected chi connectivity index (χ4v) is 2.32. The van der Waals surface area contributed by atoms with Gasteiger partial charge in [0.25, 0.3) is 0 Å². The molecule has 1 aliphatic rings. The maximum Gasteiger partial charge on any atom is 0.193 e. The van der Waals surface area contributed by atoms with Crippen molar-refractivity contribution in [3.05, 3.63) is 12.7 Å². The van der Waals surface area contributed by atoms with E-state index in [0.717, 1.165) is 6.61 Å². The monoisotopic (exact) mass is 214 g/mol. The van der Waals surface area contributed by atoms with Crippen molar-refractivity contribution in [2.45, 2.75) is 51.1 Å². The molecule has 0 aromatic carbocycles. The van der Waals surface area contributed by atoms with E-state index in [4.69, 9.17) is 9.16 Å². The first-order chi connectivity index (χ1) is 6.28. The predicted octanol–water partition coefficient (Wildman–Crippen LogP) is 2.96. The van der Waals surface area contributed by atoms with Crippen molar-refractivity contribution in [2.24, 2.45) is 0 Å². The molecule has 1 fully saturated rings. The third-order valence-corrected chi connectivity index (χ3v) is 7.67. The second-order valence-electron chi connectivity index (χ2n) is 5.45. The van der Waals surface area contributed by atoms with E-state index >= 15 is 0 Å². The summed E-state index contributed by atoms with van der Waals surface area (Å²) >= 11 is 0. The van der Waals surface area contributed by atoms with Gasteiger partial charge in [0.05, 0.1) is 12.7 Å². The predicted molar refractivity (Wildman–Crippen MR) is 62.0 cm³/mol. The van der Waals surface area contributed by atoms with Gasteiger partial charge < -0.3 is 9.16 Å². The van der Waals surface area contributed by atoms with Crippen molar-refractivity contribution < 1.29 is 9.16 Å². The molecule has 1 rings (SSSR count). The van der Waals surface area contributed by atoms with E-state index in [0.29, 0.717) is 0 Å². The highest BCUT2D eigenvalue weighted by Crippen LogP contribution is 2.38. The standard InChI is InChI=1S/C11H22O2Si/c1-7-9(10-8-12-10)13-14(5,6)11(2,3)4/h7,9-10H,1,8H2,2-6H3/t9-,10?/m0/s1. The molecule has 0 amide bonds. The van der Waals surface area contributed by atoms with Crippen molar-refractivity contribution in [3.63, 3.8) is 0 Å². The second-order valence-corrected chi connectivity index (χ2v) is 10.2. The molecule has 0 aliphatic carbocycles. The zero-order chi connectivity index (χ0) is 11.0. The minimum atomic E-state index is -1.66. The van der Waals surface area contributed by atoms with Crippen LogP contribution in [0.3, 0.4) is 0 Å². The van der Waals surface area contributed by atoms with Crippen LogP contribution < -0.4 is 0 Å². The lowest BCUT2D eigenvalue weighted by Gasteiger charge is -2.38. The number of epoxide rings is 1. The highest BCUT2D eigenvalue weighted by molar-refractivity contribution is 6.74. The lowest BCUT2D eigenvalue weighted by molar-refractivity contribution is 0.183. The van der Waals surface area contributed by atoms with Gasteiger partial charge in [-0.3, -0.25) is 0 Å². The Labute approximate surface area is 88.4 Å². The van der Waals surface area contributed by atoms with Gasteiger partial charge in [-0.2, -0.15) is 0 Å². The normalized spacial score (nSPS) is 24.5. The van der Waals surface area contributed by atoms with Crippen LogP contribution in [0.1, 0.15) is 20.8 Å². The van der Waals surface area contributed by atoms with E-state index in [1.54, 1.807) is 0 Å². The molecular formula is C11H22O2Si. The summed E-state index contributed by atoms with van der Waals surface area (Å²) in [6.07, 6.45) is 2.23. The van der Waals surface area contributed by atoms with E-state index in [1.165, 1.54) is 0 Å². The molecule has 3 heteroatoms. The van der Waals surface area contributed by atoms with Crippen LogP contribution in [-0.2, 0) is 9.16 Å². The molecule has 0 saturated carbocycles. The summed E-state index contributed by atoms with van der Waals surface area (Å²) in [6.45, 7) is 15.9. The molecule has 2 nitrogen and oxygen atoms in total. The molecule has 0 aromatic heterocycles. The van der Waals surface area contributed by atoms with Gasteiger partial charge >= 0.3 is 0 Å². The molecular weight excluding hydrogens is 192 g/mol. The molecule has 1 aliphatic heterocycles.